The van der Waals surface area contributed by atoms with E-state index < -0.39 is 17.8 Å². The highest BCUT2D eigenvalue weighted by molar-refractivity contribution is 6.53. The number of hydrogen-bond acceptors (Lipinski definition) is 6. The van der Waals surface area contributed by atoms with Crippen molar-refractivity contribution >= 4 is 40.8 Å². The standard InChI is InChI=1S/C29H27ClN2O5/c1-3-5-8-19-11-17-22(18-12-19)32-27(33)25(30)26(28(32)34)31-21-15-13-20(14-16-21)29(35)37-24-10-7-6-9-23(24)36-4-2/h6-7,9-18,31H,3-5,8H2,1-2H3. The number of nitrogens with one attached hydrogen (secondary N) is 1. The summed E-state index contributed by atoms with van der Waals surface area (Å²) in [6, 6.07) is 20.5. The van der Waals surface area contributed by atoms with Gasteiger partial charge in [0.05, 0.1) is 17.9 Å². The molecule has 0 saturated carbocycles. The van der Waals surface area contributed by atoms with Crippen molar-refractivity contribution < 1.29 is 23.9 Å². The van der Waals surface area contributed by atoms with Gasteiger partial charge in [-0.25, -0.2) is 9.69 Å². The van der Waals surface area contributed by atoms with Gasteiger partial charge in [-0.2, -0.15) is 0 Å². The van der Waals surface area contributed by atoms with Crippen molar-refractivity contribution in [1.82, 2.24) is 0 Å². The molecule has 0 atom stereocenters. The molecule has 190 valence electrons. The number of esters is 1. The lowest BCUT2D eigenvalue weighted by atomic mass is 10.1. The Kier molecular flexibility index (Phi) is 8.25. The Morgan fingerprint density at radius 2 is 1.57 bits per heavy atom. The quantitative estimate of drug-likeness (QED) is 0.199. The minimum Gasteiger partial charge on any atom is -0.490 e. The smallest absolute Gasteiger partial charge is 0.343 e. The summed E-state index contributed by atoms with van der Waals surface area (Å²) in [6.45, 7) is 4.41. The molecular weight excluding hydrogens is 492 g/mol. The molecule has 0 aliphatic carbocycles. The normalized spacial score (nSPS) is 13.2. The molecule has 7 nitrogen and oxygen atoms in total. The van der Waals surface area contributed by atoms with Crippen molar-refractivity contribution in [2.45, 2.75) is 33.1 Å². The van der Waals surface area contributed by atoms with Gasteiger partial charge in [0, 0.05) is 5.69 Å². The second-order valence-electron chi connectivity index (χ2n) is 8.38. The lowest BCUT2D eigenvalue weighted by Gasteiger charge is -2.15. The second kappa shape index (κ2) is 11.8. The van der Waals surface area contributed by atoms with Gasteiger partial charge in [-0.1, -0.05) is 49.2 Å². The number of hydrogen-bond donors (Lipinski definition) is 1. The lowest BCUT2D eigenvalue weighted by Crippen LogP contribution is -2.32. The average molecular weight is 519 g/mol. The zero-order chi connectivity index (χ0) is 26.4. The Hall–Kier alpha value is -4.10. The van der Waals surface area contributed by atoms with Crippen LogP contribution in [0.1, 0.15) is 42.6 Å². The Labute approximate surface area is 220 Å². The number of aryl methyl sites for hydroxylation is 1. The maximum absolute atomic E-state index is 13.1. The molecule has 0 radical (unpaired) electrons. The van der Waals surface area contributed by atoms with E-state index in [2.05, 4.69) is 12.2 Å². The number of nitrogens with zero attached hydrogens (tertiary/aromatic N) is 1. The molecule has 0 spiro atoms. The van der Waals surface area contributed by atoms with E-state index in [1.165, 1.54) is 0 Å². The fourth-order valence-electron chi connectivity index (χ4n) is 3.84. The Balaban J connectivity index is 1.44. The minimum absolute atomic E-state index is 0.0253. The van der Waals surface area contributed by atoms with Gasteiger partial charge < -0.3 is 14.8 Å². The van der Waals surface area contributed by atoms with Crippen LogP contribution >= 0.6 is 11.6 Å². The third kappa shape index (κ3) is 5.84. The molecule has 1 heterocycles. The summed E-state index contributed by atoms with van der Waals surface area (Å²) < 4.78 is 11.0. The van der Waals surface area contributed by atoms with Gasteiger partial charge in [-0.3, -0.25) is 9.59 Å². The van der Waals surface area contributed by atoms with E-state index in [1.54, 1.807) is 60.7 Å². The van der Waals surface area contributed by atoms with Crippen LogP contribution in [0.25, 0.3) is 0 Å². The van der Waals surface area contributed by atoms with Crippen molar-refractivity contribution in [2.75, 3.05) is 16.8 Å². The van der Waals surface area contributed by atoms with Gasteiger partial charge in [0.25, 0.3) is 11.8 Å². The topological polar surface area (TPSA) is 84.9 Å². The van der Waals surface area contributed by atoms with Crippen LogP contribution < -0.4 is 19.7 Å². The molecule has 1 aliphatic rings. The maximum atomic E-state index is 13.1. The molecule has 0 bridgehead atoms. The highest BCUT2D eigenvalue weighted by Gasteiger charge is 2.38. The molecule has 0 fully saturated rings. The lowest BCUT2D eigenvalue weighted by molar-refractivity contribution is -0.120. The van der Waals surface area contributed by atoms with Crippen LogP contribution in [0.15, 0.2) is 83.5 Å². The molecule has 1 N–H and O–H groups in total. The minimum atomic E-state index is -0.594. The maximum Gasteiger partial charge on any atom is 0.343 e. The molecular formula is C29H27ClN2O5. The van der Waals surface area contributed by atoms with Gasteiger partial charge in [0.1, 0.15) is 10.7 Å². The number of amides is 2. The number of imide groups is 1. The number of unbranched alkanes of at least 4 members (excludes halogenated alkanes) is 1. The van der Waals surface area contributed by atoms with Crippen LogP contribution in [0.5, 0.6) is 11.5 Å². The third-order valence-corrected chi connectivity index (χ3v) is 6.13. The van der Waals surface area contributed by atoms with Crippen molar-refractivity contribution in [3.63, 3.8) is 0 Å². The van der Waals surface area contributed by atoms with E-state index in [1.807, 2.05) is 19.1 Å². The molecule has 2 amide bonds. The SMILES string of the molecule is CCCCc1ccc(N2C(=O)C(Cl)=C(Nc3ccc(C(=O)Oc4ccccc4OCC)cc3)C2=O)cc1. The number of benzene rings is 3. The number of carbonyl (C=O) groups excluding carboxylic acids is 3. The van der Waals surface area contributed by atoms with E-state index in [4.69, 9.17) is 21.1 Å². The number of anilines is 2. The Morgan fingerprint density at radius 3 is 2.22 bits per heavy atom. The number of ether oxygens (including phenoxy) is 2. The fourth-order valence-corrected chi connectivity index (χ4v) is 4.05. The largest absolute Gasteiger partial charge is 0.490 e. The highest BCUT2D eigenvalue weighted by atomic mass is 35.5. The molecule has 0 unspecified atom stereocenters. The average Bonchev–Trinajstić information content (AvgIpc) is 3.12. The van der Waals surface area contributed by atoms with E-state index >= 15 is 0 Å². The summed E-state index contributed by atoms with van der Waals surface area (Å²) >= 11 is 6.25. The van der Waals surface area contributed by atoms with Gasteiger partial charge in [-0.15, -0.1) is 0 Å². The van der Waals surface area contributed by atoms with Gasteiger partial charge in [0.15, 0.2) is 11.5 Å². The predicted molar refractivity (Wildman–Crippen MR) is 143 cm³/mol. The fraction of sp³-hybridized carbons (Fsp3) is 0.207. The molecule has 0 saturated heterocycles. The molecule has 8 heteroatoms. The molecule has 0 aromatic heterocycles. The summed E-state index contributed by atoms with van der Waals surface area (Å²) in [7, 11) is 0. The predicted octanol–water partition coefficient (Wildman–Crippen LogP) is 6.08. The zero-order valence-electron chi connectivity index (χ0n) is 20.6. The summed E-state index contributed by atoms with van der Waals surface area (Å²) in [5.74, 6) is -0.905. The summed E-state index contributed by atoms with van der Waals surface area (Å²) in [5.41, 5.74) is 2.35. The van der Waals surface area contributed by atoms with E-state index in [0.717, 1.165) is 29.7 Å². The van der Waals surface area contributed by atoms with Crippen LogP contribution in [0.4, 0.5) is 11.4 Å². The first kappa shape index (κ1) is 26.0. The highest BCUT2D eigenvalue weighted by Crippen LogP contribution is 2.31. The van der Waals surface area contributed by atoms with Crippen LogP contribution in [-0.4, -0.2) is 24.4 Å². The van der Waals surface area contributed by atoms with Gasteiger partial charge >= 0.3 is 5.97 Å². The summed E-state index contributed by atoms with van der Waals surface area (Å²) in [5, 5.41) is 2.72. The third-order valence-electron chi connectivity index (χ3n) is 5.78. The molecule has 37 heavy (non-hydrogen) atoms. The van der Waals surface area contributed by atoms with Crippen LogP contribution in [0, 0.1) is 0 Å². The van der Waals surface area contributed by atoms with Crippen LogP contribution in [0.2, 0.25) is 0 Å². The van der Waals surface area contributed by atoms with Crippen molar-refractivity contribution in [3.8, 4) is 11.5 Å². The first-order chi connectivity index (χ1) is 17.9. The monoisotopic (exact) mass is 518 g/mol. The molecule has 4 rings (SSSR count). The molecule has 1 aliphatic heterocycles. The first-order valence-corrected chi connectivity index (χ1v) is 12.5. The first-order valence-electron chi connectivity index (χ1n) is 12.1. The van der Waals surface area contributed by atoms with Crippen molar-refractivity contribution in [3.05, 3.63) is 94.7 Å². The summed E-state index contributed by atoms with van der Waals surface area (Å²) in [6.07, 6.45) is 3.09. The molecule has 3 aromatic carbocycles. The Morgan fingerprint density at radius 1 is 0.892 bits per heavy atom. The Bertz CT molecular complexity index is 1330. The van der Waals surface area contributed by atoms with E-state index in [0.29, 0.717) is 35.0 Å². The number of rotatable bonds is 10. The molecule has 3 aromatic rings. The number of para-hydroxylation sites is 2. The number of carbonyl (C=O) groups is 3. The van der Waals surface area contributed by atoms with E-state index in [9.17, 15) is 14.4 Å². The van der Waals surface area contributed by atoms with Crippen molar-refractivity contribution in [1.29, 1.82) is 0 Å². The van der Waals surface area contributed by atoms with Gasteiger partial charge in [0.2, 0.25) is 0 Å². The van der Waals surface area contributed by atoms with Crippen LogP contribution in [-0.2, 0) is 16.0 Å². The summed E-state index contributed by atoms with van der Waals surface area (Å²) in [4.78, 5) is 39.5. The number of halogens is 1. The van der Waals surface area contributed by atoms with Crippen molar-refractivity contribution in [2.24, 2.45) is 0 Å². The van der Waals surface area contributed by atoms with Crippen LogP contribution in [0.3, 0.4) is 0 Å². The second-order valence-corrected chi connectivity index (χ2v) is 8.75. The zero-order valence-corrected chi connectivity index (χ0v) is 21.4. The van der Waals surface area contributed by atoms with Gasteiger partial charge in [-0.05, 0) is 73.9 Å². The van der Waals surface area contributed by atoms with E-state index in [-0.39, 0.29) is 10.7 Å².